The minimum Gasteiger partial charge on any atom is -0.455 e. The summed E-state index contributed by atoms with van der Waals surface area (Å²) < 4.78 is 5.78. The maximum Gasteiger partial charge on any atom is 0.270 e. The molecule has 2 amide bonds. The fourth-order valence-corrected chi connectivity index (χ4v) is 5.73. The fourth-order valence-electron chi connectivity index (χ4n) is 5.73. The van der Waals surface area contributed by atoms with Gasteiger partial charge >= 0.3 is 0 Å². The van der Waals surface area contributed by atoms with Crippen molar-refractivity contribution < 1.29 is 18.9 Å². The number of hydrogen-bond donors (Lipinski definition) is 0. The molecule has 2 saturated carbocycles. The zero-order chi connectivity index (χ0) is 21.4. The number of aryl methyl sites for hydroxylation is 1. The Bertz CT molecular complexity index is 1180. The SMILES string of the molecule is Cc1ccc([N+](=O)[O-])cc1-c1ccc(/C=N/N2C(=O)[C@H]3[C@@H]4C=C[C@H]([C@H]5C[C@H]45)[C@@H]3C2=O)o1. The summed E-state index contributed by atoms with van der Waals surface area (Å²) in [6.45, 7) is 1.84. The van der Waals surface area contributed by atoms with Crippen molar-refractivity contribution in [1.29, 1.82) is 0 Å². The van der Waals surface area contributed by atoms with Crippen molar-refractivity contribution in [2.75, 3.05) is 0 Å². The number of nitro groups is 1. The molecule has 8 nitrogen and oxygen atoms in total. The van der Waals surface area contributed by atoms with Crippen molar-refractivity contribution >= 4 is 23.7 Å². The molecular weight excluding hydrogens is 398 g/mol. The first kappa shape index (κ1) is 18.2. The molecule has 6 atom stereocenters. The van der Waals surface area contributed by atoms with E-state index in [0.29, 0.717) is 28.9 Å². The van der Waals surface area contributed by atoms with Gasteiger partial charge in [-0.15, -0.1) is 0 Å². The number of nitro benzene ring substituents is 1. The number of furan rings is 1. The van der Waals surface area contributed by atoms with Crippen LogP contribution in [0.25, 0.3) is 11.3 Å². The van der Waals surface area contributed by atoms with E-state index in [4.69, 9.17) is 4.42 Å². The standard InChI is InChI=1S/C23H19N3O5/c1-11-2-3-12(26(29)30)8-16(11)19-7-4-13(31-19)10-24-25-22(27)20-14-5-6-15(18-9-17(14)18)21(20)23(25)28/h2-8,10,14-15,17-18,20-21H,9H2,1H3/b24-10+/t14-,15-,17-,18-,20+,21+/m1/s1. The molecule has 1 saturated heterocycles. The molecule has 1 aromatic carbocycles. The molecule has 7 rings (SSSR count). The van der Waals surface area contributed by atoms with Crippen LogP contribution in [0, 0.1) is 52.5 Å². The van der Waals surface area contributed by atoms with Gasteiger partial charge in [0.05, 0.1) is 23.0 Å². The lowest BCUT2D eigenvalue weighted by molar-refractivity contribution is -0.384. The highest BCUT2D eigenvalue weighted by Crippen LogP contribution is 2.65. The maximum absolute atomic E-state index is 13.0. The Morgan fingerprint density at radius 3 is 2.42 bits per heavy atom. The molecule has 4 aliphatic carbocycles. The lowest BCUT2D eigenvalue weighted by Crippen LogP contribution is -2.40. The predicted molar refractivity (Wildman–Crippen MR) is 110 cm³/mol. The van der Waals surface area contributed by atoms with Crippen LogP contribution in [0.15, 0.2) is 52.0 Å². The highest BCUT2D eigenvalue weighted by molar-refractivity contribution is 6.06. The number of amides is 2. The van der Waals surface area contributed by atoms with Crippen LogP contribution in [-0.4, -0.2) is 28.0 Å². The summed E-state index contributed by atoms with van der Waals surface area (Å²) in [5, 5.41) is 16.3. The largest absolute Gasteiger partial charge is 0.455 e. The molecule has 1 aromatic heterocycles. The molecule has 0 spiro atoms. The zero-order valence-corrected chi connectivity index (χ0v) is 16.7. The van der Waals surface area contributed by atoms with Gasteiger partial charge in [0.15, 0.2) is 0 Å². The third kappa shape index (κ3) is 2.57. The molecule has 8 heteroatoms. The van der Waals surface area contributed by atoms with E-state index < -0.39 is 4.92 Å². The molecule has 156 valence electrons. The second-order valence-corrected chi connectivity index (χ2v) is 8.85. The van der Waals surface area contributed by atoms with E-state index in [1.54, 1.807) is 18.2 Å². The van der Waals surface area contributed by atoms with Gasteiger partial charge in [-0.2, -0.15) is 10.1 Å². The normalized spacial score (nSPS) is 32.6. The molecule has 2 heterocycles. The Balaban J connectivity index is 1.25. The van der Waals surface area contributed by atoms with Gasteiger partial charge in [0, 0.05) is 17.7 Å². The van der Waals surface area contributed by atoms with Gasteiger partial charge in [0.25, 0.3) is 17.5 Å². The molecule has 0 N–H and O–H groups in total. The van der Waals surface area contributed by atoms with Crippen LogP contribution in [0.5, 0.6) is 0 Å². The Morgan fingerprint density at radius 2 is 1.77 bits per heavy atom. The fraction of sp³-hybridized carbons (Fsp3) is 0.348. The van der Waals surface area contributed by atoms with Crippen molar-refractivity contribution in [2.45, 2.75) is 13.3 Å². The Morgan fingerprint density at radius 1 is 1.10 bits per heavy atom. The van der Waals surface area contributed by atoms with E-state index in [-0.39, 0.29) is 41.2 Å². The van der Waals surface area contributed by atoms with Crippen LogP contribution >= 0.6 is 0 Å². The van der Waals surface area contributed by atoms with Crippen LogP contribution in [0.3, 0.4) is 0 Å². The summed E-state index contributed by atoms with van der Waals surface area (Å²) in [7, 11) is 0. The molecule has 3 fully saturated rings. The smallest absolute Gasteiger partial charge is 0.270 e. The van der Waals surface area contributed by atoms with E-state index >= 15 is 0 Å². The first-order valence-electron chi connectivity index (χ1n) is 10.4. The summed E-state index contributed by atoms with van der Waals surface area (Å²) >= 11 is 0. The number of non-ortho nitro benzene ring substituents is 1. The van der Waals surface area contributed by atoms with Crippen molar-refractivity contribution in [3.8, 4) is 11.3 Å². The predicted octanol–water partition coefficient (Wildman–Crippen LogP) is 3.55. The molecule has 1 aliphatic heterocycles. The van der Waals surface area contributed by atoms with Crippen molar-refractivity contribution in [3.63, 3.8) is 0 Å². The lowest BCUT2D eigenvalue weighted by atomic mass is 9.63. The molecule has 31 heavy (non-hydrogen) atoms. The number of allylic oxidation sites excluding steroid dienone is 2. The van der Waals surface area contributed by atoms with Crippen LogP contribution in [0.2, 0.25) is 0 Å². The van der Waals surface area contributed by atoms with Crippen LogP contribution in [-0.2, 0) is 9.59 Å². The lowest BCUT2D eigenvalue weighted by Gasteiger charge is -2.37. The number of benzene rings is 1. The van der Waals surface area contributed by atoms with Crippen LogP contribution in [0.1, 0.15) is 17.7 Å². The van der Waals surface area contributed by atoms with E-state index in [1.165, 1.54) is 18.3 Å². The van der Waals surface area contributed by atoms with Gasteiger partial charge in [-0.3, -0.25) is 19.7 Å². The third-order valence-electron chi connectivity index (χ3n) is 7.26. The summed E-state index contributed by atoms with van der Waals surface area (Å²) in [4.78, 5) is 36.5. The van der Waals surface area contributed by atoms with E-state index in [2.05, 4.69) is 17.3 Å². The number of carbonyl (C=O) groups excluding carboxylic acids is 2. The maximum atomic E-state index is 13.0. The van der Waals surface area contributed by atoms with Gasteiger partial charge in [-0.1, -0.05) is 18.2 Å². The van der Waals surface area contributed by atoms with Crippen LogP contribution in [0.4, 0.5) is 5.69 Å². The number of imide groups is 1. The molecule has 2 aromatic rings. The van der Waals surface area contributed by atoms with E-state index in [0.717, 1.165) is 17.0 Å². The summed E-state index contributed by atoms with van der Waals surface area (Å²) in [6, 6.07) is 7.93. The summed E-state index contributed by atoms with van der Waals surface area (Å²) in [5.74, 6) is 1.19. The quantitative estimate of drug-likeness (QED) is 0.249. The zero-order valence-electron chi connectivity index (χ0n) is 16.7. The highest BCUT2D eigenvalue weighted by atomic mass is 16.6. The van der Waals surface area contributed by atoms with E-state index in [1.807, 2.05) is 6.92 Å². The Kier molecular flexibility index (Phi) is 3.66. The van der Waals surface area contributed by atoms with Gasteiger partial charge in [0.2, 0.25) is 0 Å². The van der Waals surface area contributed by atoms with Gasteiger partial charge in [0.1, 0.15) is 11.5 Å². The third-order valence-corrected chi connectivity index (χ3v) is 7.26. The monoisotopic (exact) mass is 417 g/mol. The Labute approximate surface area is 177 Å². The number of hydrazone groups is 1. The second-order valence-electron chi connectivity index (χ2n) is 8.85. The van der Waals surface area contributed by atoms with E-state index in [9.17, 15) is 19.7 Å². The minimum absolute atomic E-state index is 0.0237. The average molecular weight is 417 g/mol. The van der Waals surface area contributed by atoms with Gasteiger partial charge in [-0.05, 0) is 54.7 Å². The molecule has 0 radical (unpaired) electrons. The summed E-state index contributed by atoms with van der Waals surface area (Å²) in [5.41, 5.74) is 1.42. The van der Waals surface area contributed by atoms with Gasteiger partial charge in [-0.25, -0.2) is 0 Å². The number of hydrogen-bond acceptors (Lipinski definition) is 6. The van der Waals surface area contributed by atoms with Gasteiger partial charge < -0.3 is 4.42 Å². The number of rotatable bonds is 4. The molecular formula is C23H19N3O5. The molecule has 0 unspecified atom stereocenters. The minimum atomic E-state index is -0.454. The summed E-state index contributed by atoms with van der Waals surface area (Å²) in [6.07, 6.45) is 6.72. The number of carbonyl (C=O) groups is 2. The second kappa shape index (κ2) is 6.23. The first-order chi connectivity index (χ1) is 14.9. The topological polar surface area (TPSA) is 106 Å². The van der Waals surface area contributed by atoms with Crippen molar-refractivity contribution in [2.24, 2.45) is 40.6 Å². The highest BCUT2D eigenvalue weighted by Gasteiger charge is 2.67. The average Bonchev–Trinajstić information content (AvgIpc) is 3.40. The number of nitrogens with zero attached hydrogens (tertiary/aromatic N) is 3. The molecule has 2 bridgehead atoms. The molecule has 5 aliphatic rings. The Hall–Kier alpha value is -3.55. The first-order valence-corrected chi connectivity index (χ1v) is 10.4. The van der Waals surface area contributed by atoms with Crippen molar-refractivity contribution in [1.82, 2.24) is 5.01 Å². The van der Waals surface area contributed by atoms with Crippen molar-refractivity contribution in [3.05, 3.63) is 63.9 Å². The van der Waals surface area contributed by atoms with Crippen LogP contribution < -0.4 is 0 Å².